The van der Waals surface area contributed by atoms with Crippen LogP contribution < -0.4 is 24.3 Å². The third-order valence-electron chi connectivity index (χ3n) is 15.6. The first-order valence-electron chi connectivity index (χ1n) is 32.7. The van der Waals surface area contributed by atoms with Crippen LogP contribution in [0.2, 0.25) is 0 Å². The summed E-state index contributed by atoms with van der Waals surface area (Å²) in [6.45, 7) is 43.7. The maximum Gasteiger partial charge on any atom is 0.361 e. The van der Waals surface area contributed by atoms with Gasteiger partial charge in [0.05, 0.1) is 38.3 Å². The Morgan fingerprint density at radius 1 is 0.465 bits per heavy atom. The van der Waals surface area contributed by atoms with E-state index in [1.165, 1.54) is 66.8 Å². The fraction of sp³-hybridized carbons (Fsp3) is 0.589. The summed E-state index contributed by atoms with van der Waals surface area (Å²) in [6.07, 6.45) is 6.47. The molecule has 0 spiro atoms. The second-order valence-electron chi connectivity index (χ2n) is 24.4. The Hall–Kier alpha value is -4.75. The minimum absolute atomic E-state index is 0.378. The average molecular weight is 1210 g/mol. The highest BCUT2D eigenvalue weighted by molar-refractivity contribution is 7.62. The Morgan fingerprint density at radius 2 is 0.814 bits per heavy atom. The molecule has 8 rings (SSSR count). The molecule has 0 aromatic heterocycles. The smallest absolute Gasteiger partial charge is 0.361 e. The number of likely N-dealkylation sites (tertiary alicyclic amines) is 2. The van der Waals surface area contributed by atoms with E-state index in [0.717, 1.165) is 115 Å². The van der Waals surface area contributed by atoms with E-state index in [2.05, 4.69) is 207 Å². The molecule has 3 heterocycles. The van der Waals surface area contributed by atoms with Crippen LogP contribution in [-0.4, -0.2) is 151 Å². The normalized spacial score (nSPS) is 15.1. The Bertz CT molecular complexity index is 2510. The molecule has 0 atom stereocenters. The van der Waals surface area contributed by atoms with Crippen molar-refractivity contribution in [2.45, 2.75) is 158 Å². The van der Waals surface area contributed by atoms with Gasteiger partial charge >= 0.3 is 7.60 Å². The van der Waals surface area contributed by atoms with Crippen LogP contribution in [0.1, 0.15) is 180 Å². The Balaban J connectivity index is 0.000000230. The third kappa shape index (κ3) is 29.0. The molecule has 86 heavy (non-hydrogen) atoms. The summed E-state index contributed by atoms with van der Waals surface area (Å²) in [5.41, 5.74) is 6.68. The highest BCUT2D eigenvalue weighted by Gasteiger charge is 2.26. The van der Waals surface area contributed by atoms with Crippen molar-refractivity contribution < 1.29 is 37.3 Å². The minimum Gasteiger partial charge on any atom is -0.494 e. The molecule has 5 aromatic carbocycles. The average Bonchev–Trinajstić information content (AvgIpc) is 4.15. The lowest BCUT2D eigenvalue weighted by Gasteiger charge is -2.31. The summed E-state index contributed by atoms with van der Waals surface area (Å²) in [5.74, 6) is 6.76. The Morgan fingerprint density at radius 3 is 1.16 bits per heavy atom. The van der Waals surface area contributed by atoms with Crippen LogP contribution in [0, 0.1) is 0 Å². The topological polar surface area (TPSA) is 94.6 Å². The zero-order valence-electron chi connectivity index (χ0n) is 56.1. The third-order valence-corrected chi connectivity index (χ3v) is 17.7. The highest BCUT2D eigenvalue weighted by atomic mass is 31.2. The molecule has 0 unspecified atom stereocenters. The molecule has 480 valence electrons. The maximum absolute atomic E-state index is 12.5. The molecule has 0 N–H and O–H groups in total. The van der Waals surface area contributed by atoms with Gasteiger partial charge in [-0.05, 0) is 198 Å². The minimum atomic E-state index is -3.12. The first-order valence-corrected chi connectivity index (χ1v) is 34.2. The molecule has 0 bridgehead atoms. The van der Waals surface area contributed by atoms with E-state index in [4.69, 9.17) is 32.7 Å². The number of hydrogen-bond donors (Lipinski definition) is 0. The number of rotatable bonds is 26. The fourth-order valence-corrected chi connectivity index (χ4v) is 11.4. The molecule has 3 saturated heterocycles. The number of morpholine rings is 1. The van der Waals surface area contributed by atoms with Crippen LogP contribution >= 0.6 is 7.60 Å². The fourth-order valence-electron chi connectivity index (χ4n) is 9.87. The molecule has 0 radical (unpaired) electrons. The van der Waals surface area contributed by atoms with Gasteiger partial charge in [-0.25, -0.2) is 0 Å². The van der Waals surface area contributed by atoms with Gasteiger partial charge in [0, 0.05) is 45.8 Å². The molecule has 0 aliphatic carbocycles. The summed E-state index contributed by atoms with van der Waals surface area (Å²) in [4.78, 5) is 9.52. The second kappa shape index (κ2) is 41.5. The molecule has 13 heteroatoms. The van der Waals surface area contributed by atoms with Crippen molar-refractivity contribution in [1.82, 2.24) is 19.6 Å². The SMILES string of the molecule is CC(C)c1ccc(OCCCN(C)C)cc1.CC(C)c1ccc(OCCN2CCCC2)cc1.CC(C)c1ccc(OCCN2CCOCC2)cc1.CCN1CCC(Oc2ccc(C(C)C)cc2)CC1.CCOP(=O)(OCC)c1ccc(C(C)C)cc1. The first-order chi connectivity index (χ1) is 41.3. The van der Waals surface area contributed by atoms with Gasteiger partial charge in [0.15, 0.2) is 0 Å². The van der Waals surface area contributed by atoms with E-state index >= 15 is 0 Å². The van der Waals surface area contributed by atoms with Crippen molar-refractivity contribution in [2.24, 2.45) is 0 Å². The van der Waals surface area contributed by atoms with Gasteiger partial charge in [-0.3, -0.25) is 14.4 Å². The monoisotopic (exact) mass is 1210 g/mol. The lowest BCUT2D eigenvalue weighted by Crippen LogP contribution is -2.38. The van der Waals surface area contributed by atoms with Crippen LogP contribution in [0.25, 0.3) is 0 Å². The van der Waals surface area contributed by atoms with Crippen molar-refractivity contribution in [3.05, 3.63) is 149 Å². The lowest BCUT2D eigenvalue weighted by molar-refractivity contribution is 0.0322. The lowest BCUT2D eigenvalue weighted by atomic mass is 10.0. The largest absolute Gasteiger partial charge is 0.494 e. The zero-order chi connectivity index (χ0) is 62.7. The predicted octanol–water partition coefficient (Wildman–Crippen LogP) is 16.3. The number of ether oxygens (including phenoxy) is 5. The maximum atomic E-state index is 12.5. The van der Waals surface area contributed by atoms with Gasteiger partial charge in [-0.2, -0.15) is 0 Å². The Labute approximate surface area is 523 Å². The summed E-state index contributed by atoms with van der Waals surface area (Å²) in [6, 6.07) is 41.5. The second-order valence-corrected chi connectivity index (χ2v) is 26.5. The van der Waals surface area contributed by atoms with Gasteiger partial charge in [0.2, 0.25) is 0 Å². The van der Waals surface area contributed by atoms with Gasteiger partial charge < -0.3 is 42.5 Å². The predicted molar refractivity (Wildman–Crippen MR) is 362 cm³/mol. The molecule has 5 aromatic rings. The summed E-state index contributed by atoms with van der Waals surface area (Å²) >= 11 is 0. The van der Waals surface area contributed by atoms with Crippen LogP contribution in [0.5, 0.6) is 23.0 Å². The Kier molecular flexibility index (Phi) is 35.5. The standard InChI is InChI=1S/C16H25NO.C15H23NO2.C15H23NO.C14H23NO.C13H21O3P/c1-4-17-11-9-16(10-12-17)18-15-7-5-14(6-8-15)13(2)3;1-13(2)14-3-5-15(6-4-14)18-12-9-16-7-10-17-11-8-16;1-13(2)14-5-7-15(8-6-14)17-12-11-16-9-3-4-10-16;1-12(2)13-6-8-14(9-7-13)16-11-5-10-15(3)4;1-5-15-17(14,16-6-2)13-9-7-12(8-10-13)11(3)4/h5-8,13,16H,4,9-12H2,1-3H3;3-6,13H,7-12H2,1-2H3;5-8,13H,3-4,9-12H2,1-2H3;6-9,12H,5,10-11H2,1-4H3;7-11H,5-6H2,1-4H3. The van der Waals surface area contributed by atoms with Crippen molar-refractivity contribution in [2.75, 3.05) is 126 Å². The quantitative estimate of drug-likeness (QED) is 0.0390. The van der Waals surface area contributed by atoms with Gasteiger partial charge in [0.25, 0.3) is 0 Å². The van der Waals surface area contributed by atoms with Gasteiger partial charge in [-0.1, -0.05) is 137 Å². The van der Waals surface area contributed by atoms with Crippen molar-refractivity contribution in [1.29, 1.82) is 0 Å². The van der Waals surface area contributed by atoms with Crippen LogP contribution in [0.15, 0.2) is 121 Å². The van der Waals surface area contributed by atoms with E-state index in [-0.39, 0.29) is 0 Å². The van der Waals surface area contributed by atoms with E-state index < -0.39 is 7.60 Å². The number of hydrogen-bond acceptors (Lipinski definition) is 12. The molecule has 3 aliphatic rings. The van der Waals surface area contributed by atoms with E-state index in [9.17, 15) is 4.57 Å². The summed E-state index contributed by atoms with van der Waals surface area (Å²) in [5, 5.41) is 0.630. The van der Waals surface area contributed by atoms with Crippen LogP contribution in [0.4, 0.5) is 0 Å². The van der Waals surface area contributed by atoms with Gasteiger partial charge in [0.1, 0.15) is 42.3 Å². The molecule has 3 aliphatic heterocycles. The van der Waals surface area contributed by atoms with Crippen LogP contribution in [-0.2, 0) is 18.3 Å². The van der Waals surface area contributed by atoms with Crippen LogP contribution in [0.3, 0.4) is 0 Å². The van der Waals surface area contributed by atoms with Crippen molar-refractivity contribution in [3.8, 4) is 23.0 Å². The molecule has 3 fully saturated rings. The molecule has 12 nitrogen and oxygen atoms in total. The zero-order valence-corrected chi connectivity index (χ0v) is 57.0. The van der Waals surface area contributed by atoms with E-state index in [1.54, 1.807) is 0 Å². The molecular weight excluding hydrogens is 1090 g/mol. The molecular formula is C73H115N4O8P. The first kappa shape index (κ1) is 73.7. The number of piperidine rings is 1. The molecule has 0 amide bonds. The van der Waals surface area contributed by atoms with Crippen molar-refractivity contribution in [3.63, 3.8) is 0 Å². The van der Waals surface area contributed by atoms with E-state index in [1.807, 2.05) is 38.1 Å². The van der Waals surface area contributed by atoms with Gasteiger partial charge in [-0.15, -0.1) is 0 Å². The van der Waals surface area contributed by atoms with E-state index in [0.29, 0.717) is 54.2 Å². The highest BCUT2D eigenvalue weighted by Crippen LogP contribution is 2.46. The number of benzene rings is 5. The summed E-state index contributed by atoms with van der Waals surface area (Å²) in [7, 11) is 1.04. The molecule has 0 saturated carbocycles. The summed E-state index contributed by atoms with van der Waals surface area (Å²) < 4.78 is 51.6. The number of nitrogens with zero attached hydrogens (tertiary/aromatic N) is 4. The van der Waals surface area contributed by atoms with Crippen molar-refractivity contribution >= 4 is 12.9 Å².